The first kappa shape index (κ1) is 21.0. The molecule has 0 aromatic heterocycles. The normalized spacial score (nSPS) is 17.1. The third kappa shape index (κ3) is 5.49. The predicted molar refractivity (Wildman–Crippen MR) is 108 cm³/mol. The van der Waals surface area contributed by atoms with Gasteiger partial charge in [-0.2, -0.15) is 0 Å². The summed E-state index contributed by atoms with van der Waals surface area (Å²) in [5.41, 5.74) is 3.93. The van der Waals surface area contributed by atoms with E-state index in [4.69, 9.17) is 0 Å². The third-order valence-corrected chi connectivity index (χ3v) is 4.68. The van der Waals surface area contributed by atoms with Gasteiger partial charge in [-0.05, 0) is 42.6 Å². The molecule has 2 aromatic rings. The monoisotopic (exact) mass is 366 g/mol. The molecule has 2 aromatic carbocycles. The molecule has 132 valence electrons. The van der Waals surface area contributed by atoms with E-state index in [9.17, 15) is 0 Å². The van der Waals surface area contributed by atoms with Gasteiger partial charge >= 0.3 is 0 Å². The van der Waals surface area contributed by atoms with Crippen LogP contribution in [-0.4, -0.2) is 30.6 Å². The highest BCUT2D eigenvalue weighted by Crippen LogP contribution is 2.19. The van der Waals surface area contributed by atoms with Gasteiger partial charge in [0.25, 0.3) is 0 Å². The molecule has 24 heavy (non-hydrogen) atoms. The van der Waals surface area contributed by atoms with E-state index in [1.807, 2.05) is 0 Å². The summed E-state index contributed by atoms with van der Waals surface area (Å²) in [5.74, 6) is 0. The molecule has 1 aliphatic rings. The van der Waals surface area contributed by atoms with Gasteiger partial charge < -0.3 is 5.32 Å². The van der Waals surface area contributed by atoms with Crippen LogP contribution in [0.4, 0.5) is 0 Å². The summed E-state index contributed by atoms with van der Waals surface area (Å²) in [7, 11) is 0. The Kier molecular flexibility index (Phi) is 9.38. The molecule has 0 radical (unpaired) electrons. The highest BCUT2D eigenvalue weighted by Gasteiger charge is 2.21. The molecule has 1 atom stereocenters. The van der Waals surface area contributed by atoms with Gasteiger partial charge in [0.2, 0.25) is 0 Å². The summed E-state index contributed by atoms with van der Waals surface area (Å²) in [4.78, 5) is 2.59. The Balaban J connectivity index is 0.00000144. The van der Waals surface area contributed by atoms with E-state index in [0.717, 1.165) is 19.1 Å². The molecule has 2 nitrogen and oxygen atoms in total. The van der Waals surface area contributed by atoms with Gasteiger partial charge in [0.05, 0.1) is 0 Å². The number of rotatable bonds is 6. The zero-order valence-electron chi connectivity index (χ0n) is 14.3. The Bertz CT molecular complexity index is 572. The highest BCUT2D eigenvalue weighted by molar-refractivity contribution is 5.85. The SMILES string of the molecule is CCN1CCCC1CNCc1ccc(-c2ccccc2)cc1.Cl.Cl. The average Bonchev–Trinajstić information content (AvgIpc) is 3.04. The smallest absolute Gasteiger partial charge is 0.0221 e. The zero-order chi connectivity index (χ0) is 15.2. The maximum atomic E-state index is 3.63. The van der Waals surface area contributed by atoms with Crippen LogP contribution < -0.4 is 5.32 Å². The lowest BCUT2D eigenvalue weighted by Crippen LogP contribution is -2.37. The van der Waals surface area contributed by atoms with Crippen molar-refractivity contribution in [3.8, 4) is 11.1 Å². The van der Waals surface area contributed by atoms with Crippen molar-refractivity contribution in [1.82, 2.24) is 10.2 Å². The average molecular weight is 367 g/mol. The lowest BCUT2D eigenvalue weighted by Gasteiger charge is -2.23. The molecule has 1 unspecified atom stereocenters. The van der Waals surface area contributed by atoms with E-state index in [1.54, 1.807) is 0 Å². The Labute approximate surface area is 158 Å². The van der Waals surface area contributed by atoms with Crippen LogP contribution in [0, 0.1) is 0 Å². The minimum Gasteiger partial charge on any atom is -0.311 e. The Morgan fingerprint density at radius 2 is 1.62 bits per heavy atom. The summed E-state index contributed by atoms with van der Waals surface area (Å²) in [6, 6.07) is 20.2. The van der Waals surface area contributed by atoms with E-state index < -0.39 is 0 Å². The van der Waals surface area contributed by atoms with Crippen LogP contribution >= 0.6 is 24.8 Å². The molecule has 1 N–H and O–H groups in total. The van der Waals surface area contributed by atoms with Gasteiger partial charge in [0.1, 0.15) is 0 Å². The predicted octanol–water partition coefficient (Wildman–Crippen LogP) is 4.77. The summed E-state index contributed by atoms with van der Waals surface area (Å²) in [6.45, 7) is 6.78. The van der Waals surface area contributed by atoms with Crippen molar-refractivity contribution < 1.29 is 0 Å². The fraction of sp³-hybridized carbons (Fsp3) is 0.400. The highest BCUT2D eigenvalue weighted by atomic mass is 35.5. The molecule has 0 spiro atoms. The summed E-state index contributed by atoms with van der Waals surface area (Å²) < 4.78 is 0. The number of hydrogen-bond acceptors (Lipinski definition) is 2. The molecular weight excluding hydrogens is 339 g/mol. The first-order valence-corrected chi connectivity index (χ1v) is 8.46. The Hall–Kier alpha value is -1.06. The van der Waals surface area contributed by atoms with Crippen LogP contribution in [0.25, 0.3) is 11.1 Å². The Morgan fingerprint density at radius 1 is 0.958 bits per heavy atom. The van der Waals surface area contributed by atoms with Gasteiger partial charge in [-0.1, -0.05) is 61.5 Å². The summed E-state index contributed by atoms with van der Waals surface area (Å²) in [6.07, 6.45) is 2.69. The first-order chi connectivity index (χ1) is 10.9. The molecule has 1 heterocycles. The maximum Gasteiger partial charge on any atom is 0.0221 e. The van der Waals surface area contributed by atoms with Crippen LogP contribution in [0.2, 0.25) is 0 Å². The molecule has 1 fully saturated rings. The lowest BCUT2D eigenvalue weighted by atomic mass is 10.0. The van der Waals surface area contributed by atoms with Gasteiger partial charge in [0, 0.05) is 19.1 Å². The van der Waals surface area contributed by atoms with Gasteiger partial charge in [-0.25, -0.2) is 0 Å². The van der Waals surface area contributed by atoms with Crippen LogP contribution in [0.1, 0.15) is 25.3 Å². The largest absolute Gasteiger partial charge is 0.311 e. The van der Waals surface area contributed by atoms with Crippen LogP contribution in [0.3, 0.4) is 0 Å². The number of likely N-dealkylation sites (N-methyl/N-ethyl adjacent to an activating group) is 1. The number of likely N-dealkylation sites (tertiary alicyclic amines) is 1. The maximum absolute atomic E-state index is 3.63. The Morgan fingerprint density at radius 3 is 2.29 bits per heavy atom. The third-order valence-electron chi connectivity index (χ3n) is 4.68. The number of halogens is 2. The molecule has 1 saturated heterocycles. The van der Waals surface area contributed by atoms with E-state index in [-0.39, 0.29) is 24.8 Å². The summed E-state index contributed by atoms with van der Waals surface area (Å²) in [5, 5.41) is 3.63. The second-order valence-electron chi connectivity index (χ2n) is 6.12. The van der Waals surface area contributed by atoms with E-state index >= 15 is 0 Å². The van der Waals surface area contributed by atoms with Crippen LogP contribution in [0.15, 0.2) is 54.6 Å². The summed E-state index contributed by atoms with van der Waals surface area (Å²) >= 11 is 0. The minimum absolute atomic E-state index is 0. The van der Waals surface area contributed by atoms with Crippen molar-refractivity contribution in [2.24, 2.45) is 0 Å². The van der Waals surface area contributed by atoms with Crippen molar-refractivity contribution in [1.29, 1.82) is 0 Å². The quantitative estimate of drug-likeness (QED) is 0.791. The topological polar surface area (TPSA) is 15.3 Å². The van der Waals surface area contributed by atoms with Crippen molar-refractivity contribution in [2.45, 2.75) is 32.4 Å². The number of nitrogens with zero attached hydrogens (tertiary/aromatic N) is 1. The van der Waals surface area contributed by atoms with Crippen LogP contribution in [-0.2, 0) is 6.54 Å². The van der Waals surface area contributed by atoms with Crippen molar-refractivity contribution in [2.75, 3.05) is 19.6 Å². The fourth-order valence-electron chi connectivity index (χ4n) is 3.37. The molecule has 0 saturated carbocycles. The molecule has 0 amide bonds. The van der Waals surface area contributed by atoms with Gasteiger partial charge in [-0.3, -0.25) is 4.90 Å². The number of nitrogens with one attached hydrogen (secondary N) is 1. The van der Waals surface area contributed by atoms with Crippen molar-refractivity contribution in [3.05, 3.63) is 60.2 Å². The van der Waals surface area contributed by atoms with E-state index in [1.165, 1.54) is 42.6 Å². The molecule has 0 bridgehead atoms. The minimum atomic E-state index is 0. The van der Waals surface area contributed by atoms with Crippen molar-refractivity contribution >= 4 is 24.8 Å². The number of benzene rings is 2. The van der Waals surface area contributed by atoms with Crippen LogP contribution in [0.5, 0.6) is 0 Å². The molecular formula is C20H28Cl2N2. The standard InChI is InChI=1S/C20H26N2.2ClH/c1-2-22-14-6-9-20(22)16-21-15-17-10-12-19(13-11-17)18-7-4-3-5-8-18;;/h3-5,7-8,10-13,20-21H,2,6,9,14-16H2,1H3;2*1H. The fourth-order valence-corrected chi connectivity index (χ4v) is 3.37. The lowest BCUT2D eigenvalue weighted by molar-refractivity contribution is 0.260. The molecule has 3 rings (SSSR count). The first-order valence-electron chi connectivity index (χ1n) is 8.46. The molecule has 4 heteroatoms. The molecule has 1 aliphatic heterocycles. The second-order valence-corrected chi connectivity index (χ2v) is 6.12. The van der Waals surface area contributed by atoms with Gasteiger partial charge in [-0.15, -0.1) is 24.8 Å². The van der Waals surface area contributed by atoms with E-state index in [0.29, 0.717) is 0 Å². The van der Waals surface area contributed by atoms with Crippen molar-refractivity contribution in [3.63, 3.8) is 0 Å². The van der Waals surface area contributed by atoms with Gasteiger partial charge in [0.15, 0.2) is 0 Å². The van der Waals surface area contributed by atoms with E-state index in [2.05, 4.69) is 71.7 Å². The number of hydrogen-bond donors (Lipinski definition) is 1. The zero-order valence-corrected chi connectivity index (χ0v) is 15.9. The molecule has 0 aliphatic carbocycles. The second kappa shape index (κ2) is 10.7.